The fourth-order valence-electron chi connectivity index (χ4n) is 1.47. The van der Waals surface area contributed by atoms with Crippen LogP contribution in [0.3, 0.4) is 0 Å². The second kappa shape index (κ2) is 6.98. The van der Waals surface area contributed by atoms with Crippen LogP contribution in [0.5, 0.6) is 0 Å². The van der Waals surface area contributed by atoms with Gasteiger partial charge in [-0.3, -0.25) is 15.1 Å². The van der Waals surface area contributed by atoms with Crippen LogP contribution in [-0.2, 0) is 22.6 Å². The average Bonchev–Trinajstić information content (AvgIpc) is 2.93. The van der Waals surface area contributed by atoms with Gasteiger partial charge in [-0.1, -0.05) is 6.07 Å². The van der Waals surface area contributed by atoms with Crippen molar-refractivity contribution in [1.29, 1.82) is 0 Å². The highest BCUT2D eigenvalue weighted by molar-refractivity contribution is 5.82. The van der Waals surface area contributed by atoms with E-state index in [2.05, 4.69) is 30.6 Å². The molecule has 2 aromatic heterocycles. The molecule has 2 amide bonds. The van der Waals surface area contributed by atoms with Crippen molar-refractivity contribution in [3.63, 3.8) is 0 Å². The number of rotatable bonds is 5. The number of hydrogen-bond donors (Lipinski definition) is 2. The Hall–Kier alpha value is -2.97. The molecule has 21 heavy (non-hydrogen) atoms. The van der Waals surface area contributed by atoms with E-state index >= 15 is 0 Å². The quantitative estimate of drug-likeness (QED) is 0.812. The van der Waals surface area contributed by atoms with E-state index in [0.29, 0.717) is 6.54 Å². The number of carbonyl (C=O) groups is 2. The van der Waals surface area contributed by atoms with Crippen LogP contribution in [0.4, 0.5) is 10.6 Å². The number of amides is 2. The smallest absolute Gasteiger partial charge is 0.412 e. The normalized spacial score (nSPS) is 9.95. The number of methoxy groups -OCH3 is 1. The van der Waals surface area contributed by atoms with Crippen LogP contribution in [0.25, 0.3) is 0 Å². The fourth-order valence-corrected chi connectivity index (χ4v) is 1.47. The zero-order valence-electron chi connectivity index (χ0n) is 11.3. The first-order valence-corrected chi connectivity index (χ1v) is 6.08. The van der Waals surface area contributed by atoms with Crippen LogP contribution < -0.4 is 10.6 Å². The van der Waals surface area contributed by atoms with E-state index in [1.807, 2.05) is 6.07 Å². The third-order valence-corrected chi connectivity index (χ3v) is 2.45. The molecule has 0 aromatic carbocycles. The van der Waals surface area contributed by atoms with Crippen molar-refractivity contribution in [2.45, 2.75) is 13.1 Å². The topological polar surface area (TPSA) is 111 Å². The molecule has 9 heteroatoms. The molecule has 2 N–H and O–H groups in total. The number of anilines is 1. The standard InChI is InChI=1S/C12H14N6O3/c1-21-12(20)16-10-7-15-18(17-10)8-11(19)14-6-9-3-2-4-13-5-9/h2-5,7H,6,8H2,1H3,(H,14,19)(H,16,17,20). The highest BCUT2D eigenvalue weighted by Crippen LogP contribution is 1.99. The zero-order chi connectivity index (χ0) is 15.1. The molecule has 0 saturated carbocycles. The van der Waals surface area contributed by atoms with Crippen molar-refractivity contribution in [3.8, 4) is 0 Å². The summed E-state index contributed by atoms with van der Waals surface area (Å²) in [6.07, 6.45) is 4.01. The van der Waals surface area contributed by atoms with E-state index in [9.17, 15) is 9.59 Å². The first kappa shape index (κ1) is 14.4. The maximum atomic E-state index is 11.7. The van der Waals surface area contributed by atoms with E-state index in [1.54, 1.807) is 18.5 Å². The average molecular weight is 290 g/mol. The monoisotopic (exact) mass is 290 g/mol. The Balaban J connectivity index is 1.81. The number of nitrogens with zero attached hydrogens (tertiary/aromatic N) is 4. The minimum Gasteiger partial charge on any atom is -0.453 e. The van der Waals surface area contributed by atoms with E-state index in [4.69, 9.17) is 0 Å². The lowest BCUT2D eigenvalue weighted by Crippen LogP contribution is -2.28. The molecule has 2 heterocycles. The Kier molecular flexibility index (Phi) is 4.80. The molecule has 2 aromatic rings. The van der Waals surface area contributed by atoms with Gasteiger partial charge in [-0.15, -0.1) is 5.10 Å². The van der Waals surface area contributed by atoms with Gasteiger partial charge in [0.1, 0.15) is 6.54 Å². The third kappa shape index (κ3) is 4.56. The summed E-state index contributed by atoms with van der Waals surface area (Å²) >= 11 is 0. The minimum absolute atomic E-state index is 0.0525. The summed E-state index contributed by atoms with van der Waals surface area (Å²) in [5, 5.41) is 12.8. The highest BCUT2D eigenvalue weighted by atomic mass is 16.5. The highest BCUT2D eigenvalue weighted by Gasteiger charge is 2.08. The Labute approximate surface area is 120 Å². The molecule has 0 aliphatic carbocycles. The number of pyridine rings is 1. The summed E-state index contributed by atoms with van der Waals surface area (Å²) in [7, 11) is 1.24. The van der Waals surface area contributed by atoms with Gasteiger partial charge in [-0.25, -0.2) is 4.79 Å². The van der Waals surface area contributed by atoms with E-state index < -0.39 is 6.09 Å². The van der Waals surface area contributed by atoms with Crippen LogP contribution in [0.1, 0.15) is 5.56 Å². The van der Waals surface area contributed by atoms with Crippen LogP contribution in [0.15, 0.2) is 30.7 Å². The molecule has 0 spiro atoms. The number of ether oxygens (including phenoxy) is 1. The lowest BCUT2D eigenvalue weighted by atomic mass is 10.3. The number of aromatic nitrogens is 4. The summed E-state index contributed by atoms with van der Waals surface area (Å²) in [5.41, 5.74) is 0.896. The van der Waals surface area contributed by atoms with Gasteiger partial charge in [0.2, 0.25) is 5.91 Å². The molecular weight excluding hydrogens is 276 g/mol. The van der Waals surface area contributed by atoms with Gasteiger partial charge in [-0.2, -0.15) is 9.90 Å². The first-order chi connectivity index (χ1) is 10.2. The summed E-state index contributed by atoms with van der Waals surface area (Å²) in [4.78, 5) is 27.8. The molecule has 0 unspecified atom stereocenters. The van der Waals surface area contributed by atoms with Crippen molar-refractivity contribution in [2.24, 2.45) is 0 Å². The van der Waals surface area contributed by atoms with Gasteiger partial charge < -0.3 is 10.1 Å². The van der Waals surface area contributed by atoms with E-state index in [0.717, 1.165) is 5.56 Å². The third-order valence-electron chi connectivity index (χ3n) is 2.45. The maximum Gasteiger partial charge on any atom is 0.412 e. The largest absolute Gasteiger partial charge is 0.453 e. The molecule has 0 aliphatic heterocycles. The van der Waals surface area contributed by atoms with Gasteiger partial charge in [0.05, 0.1) is 13.3 Å². The lowest BCUT2D eigenvalue weighted by molar-refractivity contribution is -0.122. The van der Waals surface area contributed by atoms with Crippen molar-refractivity contribution in [1.82, 2.24) is 25.3 Å². The van der Waals surface area contributed by atoms with Crippen LogP contribution in [0.2, 0.25) is 0 Å². The molecule has 0 bridgehead atoms. The van der Waals surface area contributed by atoms with Crippen molar-refractivity contribution < 1.29 is 14.3 Å². The summed E-state index contributed by atoms with van der Waals surface area (Å²) < 4.78 is 4.42. The lowest BCUT2D eigenvalue weighted by Gasteiger charge is -2.04. The number of carbonyl (C=O) groups excluding carboxylic acids is 2. The molecule has 110 valence electrons. The van der Waals surface area contributed by atoms with Gasteiger partial charge in [0.15, 0.2) is 5.82 Å². The molecule has 0 saturated heterocycles. The van der Waals surface area contributed by atoms with Crippen LogP contribution in [0, 0.1) is 0 Å². The predicted molar refractivity (Wildman–Crippen MR) is 72.1 cm³/mol. The Morgan fingerprint density at radius 1 is 1.38 bits per heavy atom. The molecule has 0 atom stereocenters. The summed E-state index contributed by atoms with van der Waals surface area (Å²) in [6, 6.07) is 3.65. The van der Waals surface area contributed by atoms with Gasteiger partial charge in [-0.05, 0) is 11.6 Å². The van der Waals surface area contributed by atoms with Gasteiger partial charge in [0.25, 0.3) is 0 Å². The SMILES string of the molecule is COC(=O)Nc1cnn(CC(=O)NCc2cccnc2)n1. The number of hydrogen-bond acceptors (Lipinski definition) is 6. The second-order valence-electron chi connectivity index (χ2n) is 4.01. The van der Waals surface area contributed by atoms with Crippen molar-refractivity contribution in [3.05, 3.63) is 36.3 Å². The Morgan fingerprint density at radius 2 is 2.24 bits per heavy atom. The number of nitrogens with one attached hydrogen (secondary N) is 2. The molecule has 2 rings (SSSR count). The molecular formula is C12H14N6O3. The van der Waals surface area contributed by atoms with E-state index in [-0.39, 0.29) is 18.3 Å². The summed E-state index contributed by atoms with van der Waals surface area (Å²) in [6.45, 7) is 0.324. The molecule has 0 aliphatic rings. The molecule has 9 nitrogen and oxygen atoms in total. The Morgan fingerprint density at radius 3 is 2.95 bits per heavy atom. The zero-order valence-corrected chi connectivity index (χ0v) is 11.3. The van der Waals surface area contributed by atoms with Gasteiger partial charge in [0, 0.05) is 18.9 Å². The van der Waals surface area contributed by atoms with Crippen molar-refractivity contribution >= 4 is 17.8 Å². The van der Waals surface area contributed by atoms with E-state index in [1.165, 1.54) is 18.1 Å². The second-order valence-corrected chi connectivity index (χ2v) is 4.01. The maximum absolute atomic E-state index is 11.7. The summed E-state index contributed by atoms with van der Waals surface area (Å²) in [5.74, 6) is -0.0408. The Bertz CT molecular complexity index is 612. The minimum atomic E-state index is -0.650. The molecule has 0 radical (unpaired) electrons. The van der Waals surface area contributed by atoms with Crippen LogP contribution in [-0.4, -0.2) is 39.1 Å². The predicted octanol–water partition coefficient (Wildman–Crippen LogP) is 0.168. The van der Waals surface area contributed by atoms with Crippen LogP contribution >= 0.6 is 0 Å². The first-order valence-electron chi connectivity index (χ1n) is 6.08. The fraction of sp³-hybridized carbons (Fsp3) is 0.250. The van der Waals surface area contributed by atoms with Gasteiger partial charge >= 0.3 is 6.09 Å². The molecule has 0 fully saturated rings. The van der Waals surface area contributed by atoms with Crippen molar-refractivity contribution in [2.75, 3.05) is 12.4 Å².